The summed E-state index contributed by atoms with van der Waals surface area (Å²) < 4.78 is 10.4. The van der Waals surface area contributed by atoms with Crippen molar-refractivity contribution < 1.29 is 43.7 Å². The molecule has 0 unspecified atom stereocenters. The monoisotopic (exact) mass is 689 g/mol. The van der Waals surface area contributed by atoms with Crippen molar-refractivity contribution >= 4 is 35.4 Å². The highest BCUT2D eigenvalue weighted by Gasteiger charge is 2.35. The fourth-order valence-electron chi connectivity index (χ4n) is 4.96. The lowest BCUT2D eigenvalue weighted by molar-refractivity contribution is -0.158. The number of ketones is 2. The Hall–Kier alpha value is -5.36. The summed E-state index contributed by atoms with van der Waals surface area (Å²) in [5.41, 5.74) is 2.04. The number of hydrogen-bond acceptors (Lipinski definition) is 8. The zero-order valence-corrected chi connectivity index (χ0v) is 28.8. The lowest BCUT2D eigenvalue weighted by atomic mass is 9.97. The number of Topliss-reactive ketones (excluding diaryl/α,β-unsaturated/α-hetero) is 2. The van der Waals surface area contributed by atoms with Gasteiger partial charge in [0.2, 0.25) is 17.6 Å². The van der Waals surface area contributed by atoms with Gasteiger partial charge in [-0.3, -0.25) is 19.2 Å². The highest BCUT2D eigenvalue weighted by atomic mass is 16.5. The maximum atomic E-state index is 13.7. The first-order valence-corrected chi connectivity index (χ1v) is 16.3. The molecule has 3 amide bonds. The van der Waals surface area contributed by atoms with Crippen LogP contribution in [0.4, 0.5) is 4.79 Å². The highest BCUT2D eigenvalue weighted by molar-refractivity contribution is 6.63. The zero-order chi connectivity index (χ0) is 35.8. The van der Waals surface area contributed by atoms with Gasteiger partial charge in [0.15, 0.2) is 0 Å². The van der Waals surface area contributed by atoms with Crippen LogP contribution in [0.15, 0.2) is 91.0 Å². The molecule has 0 fully saturated rings. The molecule has 0 aliphatic heterocycles. The Morgan fingerprint density at radius 3 is 1.40 bits per heavy atom. The number of rotatable bonds is 18. The van der Waals surface area contributed by atoms with Crippen molar-refractivity contribution in [2.75, 3.05) is 0 Å². The smallest absolute Gasteiger partial charge is 0.408 e. The lowest BCUT2D eigenvalue weighted by Crippen LogP contribution is -2.57. The maximum Gasteiger partial charge on any atom is 0.408 e. The molecule has 0 saturated heterocycles. The van der Waals surface area contributed by atoms with Gasteiger partial charge in [0.25, 0.3) is 0 Å². The van der Waals surface area contributed by atoms with Crippen molar-refractivity contribution in [1.82, 2.24) is 16.0 Å². The second kappa shape index (κ2) is 20.9. The highest BCUT2D eigenvalue weighted by Crippen LogP contribution is 2.12. The van der Waals surface area contributed by atoms with Gasteiger partial charge in [-0.1, -0.05) is 119 Å². The van der Waals surface area contributed by atoms with E-state index in [1.54, 1.807) is 72.8 Å². The summed E-state index contributed by atoms with van der Waals surface area (Å²) >= 11 is 0. The Bertz CT molecular complexity index is 1550. The minimum atomic E-state index is -1.42. The van der Waals surface area contributed by atoms with Gasteiger partial charge in [-0.2, -0.15) is 0 Å². The van der Waals surface area contributed by atoms with Crippen molar-refractivity contribution in [3.8, 4) is 0 Å². The van der Waals surface area contributed by atoms with Gasteiger partial charge in [-0.15, -0.1) is 0 Å². The molecule has 12 heteroatoms. The predicted octanol–water partition coefficient (Wildman–Crippen LogP) is 3.64. The quantitative estimate of drug-likeness (QED) is 0.103. The molecule has 0 bridgehead atoms. The Morgan fingerprint density at radius 1 is 0.540 bits per heavy atom. The second-order valence-electron chi connectivity index (χ2n) is 12.6. The fraction of sp³-hybridized carbons (Fsp3) is 0.368. The molecule has 0 aliphatic carbocycles. The van der Waals surface area contributed by atoms with E-state index in [0.717, 1.165) is 5.56 Å². The number of carbonyl (C=O) groups excluding carboxylic acids is 6. The fourth-order valence-corrected chi connectivity index (χ4v) is 4.96. The van der Waals surface area contributed by atoms with E-state index in [-0.39, 0.29) is 49.8 Å². The number of benzene rings is 3. The van der Waals surface area contributed by atoms with Crippen LogP contribution in [-0.4, -0.2) is 59.0 Å². The molecule has 0 radical (unpaired) electrons. The number of carbonyl (C=O) groups is 6. The summed E-state index contributed by atoms with van der Waals surface area (Å²) in [6, 6.07) is 22.9. The maximum absolute atomic E-state index is 13.7. The number of nitrogens with one attached hydrogen (secondary N) is 3. The van der Waals surface area contributed by atoms with Gasteiger partial charge in [-0.05, 0) is 41.4 Å². The summed E-state index contributed by atoms with van der Waals surface area (Å²) in [6.07, 6.45) is -0.433. The van der Waals surface area contributed by atoms with Crippen LogP contribution in [0, 0.1) is 11.8 Å². The van der Waals surface area contributed by atoms with Crippen LogP contribution >= 0.6 is 0 Å². The number of esters is 1. The molecular weight excluding hydrogens is 642 g/mol. The minimum absolute atomic E-state index is 0. The van der Waals surface area contributed by atoms with Gasteiger partial charge < -0.3 is 30.9 Å². The minimum Gasteiger partial charge on any atom is -0.455 e. The molecule has 0 heterocycles. The van der Waals surface area contributed by atoms with Gasteiger partial charge in [0, 0.05) is 6.42 Å². The average Bonchev–Trinajstić information content (AvgIpc) is 3.09. The summed E-state index contributed by atoms with van der Waals surface area (Å²) in [4.78, 5) is 78.9. The van der Waals surface area contributed by atoms with Crippen LogP contribution in [0.3, 0.4) is 0 Å². The molecule has 268 valence electrons. The van der Waals surface area contributed by atoms with Gasteiger partial charge in [-0.25, -0.2) is 9.59 Å². The van der Waals surface area contributed by atoms with Crippen LogP contribution in [0.1, 0.15) is 57.2 Å². The van der Waals surface area contributed by atoms with Gasteiger partial charge >= 0.3 is 17.8 Å². The Kier molecular flexibility index (Phi) is 17.0. The first-order valence-electron chi connectivity index (χ1n) is 16.3. The van der Waals surface area contributed by atoms with Crippen LogP contribution in [-0.2, 0) is 53.1 Å². The van der Waals surface area contributed by atoms with E-state index in [2.05, 4.69) is 16.0 Å². The molecule has 3 aromatic rings. The standard InChI is InChI=1S/C38H45N3O8.H2O/c1-25(2)20-31(40-36(45)32(21-26(3)4)41-38(47)49-24-29-18-12-7-13-19-29)35(44)39-30(22-27-14-8-5-9-15-27)33(42)34(43)37(46)48-23-28-16-10-6-11-17-28;/h5-19,25-26,30-32H,20-24H2,1-4H3,(H,39,44)(H,40,45)(H,41,47);1H2/t30-,31-,32-;/m0./s1. The van der Waals surface area contributed by atoms with E-state index in [9.17, 15) is 28.8 Å². The number of ether oxygens (including phenoxy) is 2. The number of hydrogen-bond donors (Lipinski definition) is 3. The summed E-state index contributed by atoms with van der Waals surface area (Å²) in [5.74, 6) is -5.30. The number of alkyl carbamates (subject to hydrolysis) is 1. The Balaban J connectivity index is 0.00000867. The largest absolute Gasteiger partial charge is 0.455 e. The third kappa shape index (κ3) is 14.0. The van der Waals surface area contributed by atoms with Gasteiger partial charge in [0.1, 0.15) is 31.3 Å². The lowest BCUT2D eigenvalue weighted by Gasteiger charge is -2.26. The second-order valence-corrected chi connectivity index (χ2v) is 12.6. The van der Waals surface area contributed by atoms with E-state index >= 15 is 0 Å². The average molecular weight is 690 g/mol. The summed E-state index contributed by atoms with van der Waals surface area (Å²) in [6.45, 7) is 7.29. The normalized spacial score (nSPS) is 12.4. The molecule has 0 aliphatic rings. The third-order valence-electron chi connectivity index (χ3n) is 7.41. The predicted molar refractivity (Wildman–Crippen MR) is 186 cm³/mol. The molecule has 12 nitrogen and oxygen atoms in total. The molecule has 0 saturated carbocycles. The SMILES string of the molecule is CC(C)C[C@H](NC(=O)OCc1ccccc1)C(=O)N[C@@H](CC(C)C)C(=O)N[C@@H](Cc1ccccc1)C(=O)C(=O)C(=O)OCc1ccccc1.O. The molecule has 3 rings (SSSR count). The van der Waals surface area contributed by atoms with Crippen LogP contribution in [0.2, 0.25) is 0 Å². The molecule has 0 spiro atoms. The topological polar surface area (TPSA) is 188 Å². The van der Waals surface area contributed by atoms with E-state index in [0.29, 0.717) is 11.1 Å². The number of amides is 3. The van der Waals surface area contributed by atoms with Crippen LogP contribution in [0.5, 0.6) is 0 Å². The van der Waals surface area contributed by atoms with Crippen molar-refractivity contribution in [1.29, 1.82) is 0 Å². The molecule has 3 aromatic carbocycles. The molecule has 3 atom stereocenters. The summed E-state index contributed by atoms with van der Waals surface area (Å²) in [5, 5.41) is 7.93. The van der Waals surface area contributed by atoms with E-state index in [1.807, 2.05) is 45.9 Å². The summed E-state index contributed by atoms with van der Waals surface area (Å²) in [7, 11) is 0. The Morgan fingerprint density at radius 2 is 0.940 bits per heavy atom. The van der Waals surface area contributed by atoms with Crippen LogP contribution < -0.4 is 16.0 Å². The Labute approximate surface area is 292 Å². The zero-order valence-electron chi connectivity index (χ0n) is 28.8. The molecule has 5 N–H and O–H groups in total. The van der Waals surface area contributed by atoms with Gasteiger partial charge in [0.05, 0.1) is 0 Å². The first kappa shape index (κ1) is 40.8. The van der Waals surface area contributed by atoms with E-state index in [4.69, 9.17) is 9.47 Å². The first-order chi connectivity index (χ1) is 23.4. The van der Waals surface area contributed by atoms with Crippen molar-refractivity contribution in [3.63, 3.8) is 0 Å². The van der Waals surface area contributed by atoms with E-state index in [1.165, 1.54) is 0 Å². The molecule has 50 heavy (non-hydrogen) atoms. The molecule has 0 aromatic heterocycles. The van der Waals surface area contributed by atoms with Crippen molar-refractivity contribution in [2.24, 2.45) is 11.8 Å². The van der Waals surface area contributed by atoms with Crippen molar-refractivity contribution in [3.05, 3.63) is 108 Å². The third-order valence-corrected chi connectivity index (χ3v) is 7.41. The van der Waals surface area contributed by atoms with Crippen molar-refractivity contribution in [2.45, 2.75) is 78.3 Å². The van der Waals surface area contributed by atoms with Crippen LogP contribution in [0.25, 0.3) is 0 Å². The van der Waals surface area contributed by atoms with E-state index < -0.39 is 53.6 Å². The molecular formula is C38H47N3O9.